The zero-order valence-electron chi connectivity index (χ0n) is 18.9. The Morgan fingerprint density at radius 3 is 2.54 bits per heavy atom. The molecule has 0 aliphatic heterocycles. The molecule has 0 saturated heterocycles. The Kier molecular flexibility index (Phi) is 5.10. The van der Waals surface area contributed by atoms with Crippen LogP contribution in [0.3, 0.4) is 0 Å². The van der Waals surface area contributed by atoms with Crippen LogP contribution in [-0.2, 0) is 7.05 Å². The highest BCUT2D eigenvalue weighted by Gasteiger charge is 2.20. The van der Waals surface area contributed by atoms with Crippen molar-refractivity contribution < 1.29 is 13.9 Å². The number of nitrogens with zero attached hydrogens (tertiary/aromatic N) is 4. The number of aryl methyl sites for hydroxylation is 1. The molecule has 0 aliphatic rings. The normalized spacial score (nSPS) is 11.1. The van der Waals surface area contributed by atoms with Crippen molar-refractivity contribution in [1.82, 2.24) is 19.1 Å². The Labute approximate surface area is 197 Å². The van der Waals surface area contributed by atoms with Crippen LogP contribution in [0.5, 0.6) is 11.5 Å². The number of halogens is 1. The monoisotopic (exact) mass is 471 g/mol. The molecule has 0 amide bonds. The minimum atomic E-state index is -0.688. The second-order valence-corrected chi connectivity index (χ2v) is 7.84. The number of ether oxygens (including phenoxy) is 2. The molecule has 0 bridgehead atoms. The molecule has 3 aromatic heterocycles. The Bertz CT molecular complexity index is 1810. The maximum absolute atomic E-state index is 14.2. The quantitative estimate of drug-likeness (QED) is 0.430. The number of hydrogen-bond acceptors (Lipinski definition) is 6. The lowest BCUT2D eigenvalue weighted by molar-refractivity contribution is 0.386. The summed E-state index contributed by atoms with van der Waals surface area (Å²) in [6, 6.07) is 9.24. The largest absolute Gasteiger partial charge is 0.496 e. The predicted octanol–water partition coefficient (Wildman–Crippen LogP) is 3.26. The van der Waals surface area contributed by atoms with Crippen LogP contribution < -0.4 is 20.7 Å². The van der Waals surface area contributed by atoms with Crippen LogP contribution in [0.25, 0.3) is 38.6 Å². The van der Waals surface area contributed by atoms with Crippen molar-refractivity contribution in [1.29, 1.82) is 5.26 Å². The van der Waals surface area contributed by atoms with Crippen LogP contribution in [0.2, 0.25) is 0 Å². The van der Waals surface area contributed by atoms with Gasteiger partial charge in [0, 0.05) is 36.0 Å². The number of pyridine rings is 1. The van der Waals surface area contributed by atoms with E-state index < -0.39 is 17.1 Å². The third-order valence-corrected chi connectivity index (χ3v) is 5.92. The number of hydrogen-bond donors (Lipinski definition) is 1. The van der Waals surface area contributed by atoms with Crippen molar-refractivity contribution in [2.24, 2.45) is 7.05 Å². The minimum absolute atomic E-state index is 0.0399. The molecule has 10 heteroatoms. The van der Waals surface area contributed by atoms with E-state index in [1.54, 1.807) is 10.8 Å². The van der Waals surface area contributed by atoms with E-state index in [-0.39, 0.29) is 28.0 Å². The molecule has 0 unspecified atom stereocenters. The van der Waals surface area contributed by atoms with Crippen LogP contribution in [0, 0.1) is 17.1 Å². The molecular weight excluding hydrogens is 453 g/mol. The van der Waals surface area contributed by atoms with Gasteiger partial charge in [0.1, 0.15) is 5.75 Å². The average molecular weight is 471 g/mol. The first-order valence-corrected chi connectivity index (χ1v) is 10.4. The van der Waals surface area contributed by atoms with E-state index in [1.165, 1.54) is 38.6 Å². The molecular formula is C25H18FN5O4. The zero-order chi connectivity index (χ0) is 24.9. The summed E-state index contributed by atoms with van der Waals surface area (Å²) in [7, 11) is 4.54. The number of benzene rings is 2. The fourth-order valence-corrected chi connectivity index (χ4v) is 4.26. The van der Waals surface area contributed by atoms with Crippen LogP contribution in [0.1, 0.15) is 5.56 Å². The number of H-pyrrole nitrogens is 1. The Morgan fingerprint density at radius 2 is 1.83 bits per heavy atom. The van der Waals surface area contributed by atoms with Crippen LogP contribution in [-0.4, -0.2) is 33.3 Å². The average Bonchev–Trinajstić information content (AvgIpc) is 3.24. The first kappa shape index (κ1) is 21.9. The number of nitrogens with one attached hydrogen (secondary N) is 1. The van der Waals surface area contributed by atoms with E-state index >= 15 is 0 Å². The second-order valence-electron chi connectivity index (χ2n) is 7.84. The molecule has 5 rings (SSSR count). The third-order valence-electron chi connectivity index (χ3n) is 5.92. The van der Waals surface area contributed by atoms with Gasteiger partial charge in [-0.2, -0.15) is 5.26 Å². The molecule has 5 aromatic rings. The molecule has 0 spiro atoms. The topological polar surface area (TPSA) is 115 Å². The minimum Gasteiger partial charge on any atom is -0.496 e. The molecule has 174 valence electrons. The molecule has 0 saturated carbocycles. The number of aromatic amines is 1. The lowest BCUT2D eigenvalue weighted by Crippen LogP contribution is -2.34. The molecule has 0 aliphatic carbocycles. The van der Waals surface area contributed by atoms with E-state index in [1.807, 2.05) is 25.4 Å². The summed E-state index contributed by atoms with van der Waals surface area (Å²) in [6.45, 7) is 0. The number of aromatic nitrogens is 4. The summed E-state index contributed by atoms with van der Waals surface area (Å²) in [5.74, 6) is -0.492. The molecule has 2 aromatic carbocycles. The lowest BCUT2D eigenvalue weighted by atomic mass is 9.97. The van der Waals surface area contributed by atoms with Crippen LogP contribution in [0.15, 0.2) is 58.5 Å². The summed E-state index contributed by atoms with van der Waals surface area (Å²) in [4.78, 5) is 33.6. The SMILES string of the molecule is COc1cc(-c2cc3[nH]c(=O)n(-c4cncc5ccn(C)c45)c(=O)c3cc2OC)c(C#N)cc1F. The van der Waals surface area contributed by atoms with Gasteiger partial charge in [-0.15, -0.1) is 0 Å². The van der Waals surface area contributed by atoms with Crippen molar-refractivity contribution in [2.45, 2.75) is 0 Å². The number of methoxy groups -OCH3 is 2. The smallest absolute Gasteiger partial charge is 0.333 e. The molecule has 3 heterocycles. The zero-order valence-corrected chi connectivity index (χ0v) is 18.9. The van der Waals surface area contributed by atoms with Gasteiger partial charge in [0.25, 0.3) is 5.56 Å². The van der Waals surface area contributed by atoms with Crippen molar-refractivity contribution in [3.05, 3.63) is 81.1 Å². The number of rotatable bonds is 4. The van der Waals surface area contributed by atoms with E-state index in [2.05, 4.69) is 9.97 Å². The first-order valence-electron chi connectivity index (χ1n) is 10.4. The Hall–Kier alpha value is -4.91. The highest BCUT2D eigenvalue weighted by Crippen LogP contribution is 2.37. The highest BCUT2D eigenvalue weighted by atomic mass is 19.1. The summed E-state index contributed by atoms with van der Waals surface area (Å²) < 4.78 is 27.6. The van der Waals surface area contributed by atoms with Gasteiger partial charge in [-0.05, 0) is 30.3 Å². The predicted molar refractivity (Wildman–Crippen MR) is 128 cm³/mol. The Morgan fingerprint density at radius 1 is 1.06 bits per heavy atom. The Balaban J connectivity index is 1.82. The lowest BCUT2D eigenvalue weighted by Gasteiger charge is -2.14. The summed E-state index contributed by atoms with van der Waals surface area (Å²) in [5.41, 5.74) is 0.756. The summed E-state index contributed by atoms with van der Waals surface area (Å²) in [5, 5.41) is 10.5. The highest BCUT2D eigenvalue weighted by molar-refractivity contribution is 5.91. The van der Waals surface area contributed by atoms with Crippen molar-refractivity contribution in [2.75, 3.05) is 14.2 Å². The van der Waals surface area contributed by atoms with Gasteiger partial charge >= 0.3 is 5.69 Å². The summed E-state index contributed by atoms with van der Waals surface area (Å²) >= 11 is 0. The fraction of sp³-hybridized carbons (Fsp3) is 0.120. The van der Waals surface area contributed by atoms with E-state index in [9.17, 15) is 19.2 Å². The van der Waals surface area contributed by atoms with Gasteiger partial charge in [0.2, 0.25) is 0 Å². The maximum atomic E-state index is 14.2. The molecule has 1 N–H and O–H groups in total. The van der Waals surface area contributed by atoms with Gasteiger partial charge < -0.3 is 19.0 Å². The molecule has 0 atom stereocenters. The van der Waals surface area contributed by atoms with Gasteiger partial charge in [0.15, 0.2) is 11.6 Å². The van der Waals surface area contributed by atoms with Gasteiger partial charge in [-0.1, -0.05) is 0 Å². The van der Waals surface area contributed by atoms with Crippen molar-refractivity contribution in [3.8, 4) is 34.4 Å². The van der Waals surface area contributed by atoms with E-state index in [0.29, 0.717) is 22.3 Å². The van der Waals surface area contributed by atoms with Crippen molar-refractivity contribution in [3.63, 3.8) is 0 Å². The molecule has 0 fully saturated rings. The standard InChI is InChI=1S/C25H18FN5O4/c1-30-5-4-13-11-28-12-20(23(13)30)31-24(32)17-9-21(34-2)16(7-19(17)29-25(31)33)15-8-22(35-3)18(26)6-14(15)10-27/h4-9,11-12H,1-3H3,(H,29,33). The molecule has 0 radical (unpaired) electrons. The van der Waals surface area contributed by atoms with Crippen LogP contribution >= 0.6 is 0 Å². The van der Waals surface area contributed by atoms with Gasteiger partial charge in [-0.3, -0.25) is 9.78 Å². The van der Waals surface area contributed by atoms with Crippen molar-refractivity contribution >= 4 is 21.8 Å². The maximum Gasteiger partial charge on any atom is 0.333 e. The third kappa shape index (κ3) is 3.33. The van der Waals surface area contributed by atoms with E-state index in [0.717, 1.165) is 16.0 Å². The van der Waals surface area contributed by atoms with Crippen LogP contribution in [0.4, 0.5) is 4.39 Å². The first-order chi connectivity index (χ1) is 16.9. The van der Waals surface area contributed by atoms with Gasteiger partial charge in [0.05, 0.1) is 54.2 Å². The van der Waals surface area contributed by atoms with E-state index in [4.69, 9.17) is 9.47 Å². The fourth-order valence-electron chi connectivity index (χ4n) is 4.26. The number of fused-ring (bicyclic) bond motifs is 2. The molecule has 35 heavy (non-hydrogen) atoms. The number of nitriles is 1. The van der Waals surface area contributed by atoms with Gasteiger partial charge in [-0.25, -0.2) is 13.8 Å². The second kappa shape index (κ2) is 8.14. The molecule has 9 nitrogen and oxygen atoms in total. The summed E-state index contributed by atoms with van der Waals surface area (Å²) in [6.07, 6.45) is 4.92.